The molecule has 0 bridgehead atoms. The number of aliphatic carboxylic acids is 1. The van der Waals surface area contributed by atoms with Crippen molar-refractivity contribution in [2.24, 2.45) is 0 Å². The molecule has 0 fully saturated rings. The summed E-state index contributed by atoms with van der Waals surface area (Å²) in [6.07, 6.45) is -0.427. The highest BCUT2D eigenvalue weighted by Gasteiger charge is 2.32. The average Bonchev–Trinajstić information content (AvgIpc) is 2.78. The largest absolute Gasteiger partial charge is 0.507 e. The van der Waals surface area contributed by atoms with E-state index in [1.807, 2.05) is 76.2 Å². The van der Waals surface area contributed by atoms with E-state index in [9.17, 15) is 15.0 Å². The van der Waals surface area contributed by atoms with Crippen LogP contribution in [0.1, 0.15) is 43.6 Å². The number of phenolic OH excluding ortho intramolecular Hbond substituents is 1. The smallest absolute Gasteiger partial charge is 0.337 e. The predicted octanol–water partition coefficient (Wildman–Crippen LogP) is 6.55. The number of phenols is 1. The molecular formula is C29H28O5. The van der Waals surface area contributed by atoms with E-state index in [-0.39, 0.29) is 5.75 Å². The SMILES string of the molecule is Cc1cc2ccccc2c(-c2ccc3c4c(ccc(O)c24)CCO3)c1[C@H](OC(C)(C)C)C(=O)O. The first kappa shape index (κ1) is 22.2. The Hall–Kier alpha value is -3.57. The monoisotopic (exact) mass is 456 g/mol. The molecule has 34 heavy (non-hydrogen) atoms. The fourth-order valence-electron chi connectivity index (χ4n) is 5.04. The molecule has 0 spiro atoms. The molecule has 1 heterocycles. The zero-order valence-electron chi connectivity index (χ0n) is 19.8. The van der Waals surface area contributed by atoms with E-state index in [1.165, 1.54) is 0 Å². The summed E-state index contributed by atoms with van der Waals surface area (Å²) in [5, 5.41) is 24.8. The molecule has 4 aromatic rings. The highest BCUT2D eigenvalue weighted by atomic mass is 16.5. The standard InChI is InChI=1S/C29H28O5/c1-16-15-18-7-5-6-8-19(18)25(23(16)27(28(31)32)34-29(2,3)4)20-10-12-22-24-17(13-14-33-22)9-11-21(30)26(20)24/h5-12,15,27,30H,13-14H2,1-4H3,(H,31,32)/t27-/m0/s1. The van der Waals surface area contributed by atoms with Crippen molar-refractivity contribution >= 4 is 27.5 Å². The summed E-state index contributed by atoms with van der Waals surface area (Å²) in [7, 11) is 0. The van der Waals surface area contributed by atoms with Crippen LogP contribution in [0.3, 0.4) is 0 Å². The molecule has 0 saturated heterocycles. The molecule has 5 heteroatoms. The van der Waals surface area contributed by atoms with Crippen LogP contribution in [-0.4, -0.2) is 28.4 Å². The number of rotatable bonds is 4. The Morgan fingerprint density at radius 3 is 2.56 bits per heavy atom. The Morgan fingerprint density at radius 2 is 1.82 bits per heavy atom. The number of benzene rings is 4. The van der Waals surface area contributed by atoms with Gasteiger partial charge in [-0.2, -0.15) is 0 Å². The van der Waals surface area contributed by atoms with Gasteiger partial charge in [0, 0.05) is 22.8 Å². The quantitative estimate of drug-likeness (QED) is 0.364. The van der Waals surface area contributed by atoms with E-state index >= 15 is 0 Å². The molecule has 0 amide bonds. The van der Waals surface area contributed by atoms with Gasteiger partial charge in [-0.05, 0) is 78.9 Å². The summed E-state index contributed by atoms with van der Waals surface area (Å²) >= 11 is 0. The van der Waals surface area contributed by atoms with Gasteiger partial charge < -0.3 is 19.7 Å². The third-order valence-electron chi connectivity index (χ3n) is 6.34. The predicted molar refractivity (Wildman–Crippen MR) is 134 cm³/mol. The second-order valence-corrected chi connectivity index (χ2v) is 9.86. The second kappa shape index (κ2) is 8.03. The van der Waals surface area contributed by atoms with Gasteiger partial charge in [-0.15, -0.1) is 0 Å². The summed E-state index contributed by atoms with van der Waals surface area (Å²) in [4.78, 5) is 12.5. The third kappa shape index (κ3) is 3.66. The molecule has 0 aromatic heterocycles. The lowest BCUT2D eigenvalue weighted by molar-refractivity contribution is -0.160. The van der Waals surface area contributed by atoms with E-state index in [0.29, 0.717) is 17.6 Å². The summed E-state index contributed by atoms with van der Waals surface area (Å²) in [5.74, 6) is -0.179. The average molecular weight is 457 g/mol. The molecular weight excluding hydrogens is 428 g/mol. The minimum absolute atomic E-state index is 0.140. The number of carboxylic acids is 1. The highest BCUT2D eigenvalue weighted by molar-refractivity contribution is 6.12. The van der Waals surface area contributed by atoms with Crippen LogP contribution in [-0.2, 0) is 16.0 Å². The number of hydrogen-bond donors (Lipinski definition) is 2. The summed E-state index contributed by atoms with van der Waals surface area (Å²) < 4.78 is 12.0. The maximum atomic E-state index is 12.5. The molecule has 5 rings (SSSR count). The van der Waals surface area contributed by atoms with Crippen LogP contribution < -0.4 is 4.74 Å². The maximum absolute atomic E-state index is 12.5. The molecule has 5 nitrogen and oxygen atoms in total. The summed E-state index contributed by atoms with van der Waals surface area (Å²) in [6.45, 7) is 8.06. The van der Waals surface area contributed by atoms with Gasteiger partial charge in [0.1, 0.15) is 11.5 Å². The lowest BCUT2D eigenvalue weighted by Gasteiger charge is -2.29. The first-order valence-corrected chi connectivity index (χ1v) is 11.5. The van der Waals surface area contributed by atoms with Crippen molar-refractivity contribution in [3.63, 3.8) is 0 Å². The zero-order valence-corrected chi connectivity index (χ0v) is 19.8. The van der Waals surface area contributed by atoms with Crippen LogP contribution >= 0.6 is 0 Å². The second-order valence-electron chi connectivity index (χ2n) is 9.86. The van der Waals surface area contributed by atoms with Gasteiger partial charge in [-0.1, -0.05) is 36.4 Å². The van der Waals surface area contributed by atoms with Crippen LogP contribution in [0.15, 0.2) is 54.6 Å². The van der Waals surface area contributed by atoms with Crippen LogP contribution in [0.5, 0.6) is 11.5 Å². The minimum atomic E-state index is -1.18. The molecule has 174 valence electrons. The number of aryl methyl sites for hydroxylation is 1. The van der Waals surface area contributed by atoms with E-state index in [1.54, 1.807) is 6.07 Å². The Bertz CT molecular complexity index is 1430. The highest BCUT2D eigenvalue weighted by Crippen LogP contribution is 2.48. The number of carboxylic acid groups (broad SMARTS) is 1. The molecule has 1 aliphatic heterocycles. The molecule has 0 unspecified atom stereocenters. The van der Waals surface area contributed by atoms with Crippen LogP contribution in [0, 0.1) is 6.92 Å². The molecule has 2 N–H and O–H groups in total. The summed E-state index contributed by atoms with van der Waals surface area (Å²) in [5.41, 5.74) is 3.38. The zero-order chi connectivity index (χ0) is 24.2. The first-order chi connectivity index (χ1) is 16.2. The van der Waals surface area contributed by atoms with Crippen molar-refractivity contribution in [3.05, 3.63) is 71.3 Å². The van der Waals surface area contributed by atoms with Gasteiger partial charge in [0.2, 0.25) is 0 Å². The fourth-order valence-corrected chi connectivity index (χ4v) is 5.04. The number of hydrogen-bond acceptors (Lipinski definition) is 4. The van der Waals surface area contributed by atoms with Gasteiger partial charge in [-0.3, -0.25) is 0 Å². The van der Waals surface area contributed by atoms with Crippen molar-refractivity contribution in [3.8, 4) is 22.6 Å². The number of carbonyl (C=O) groups is 1. The third-order valence-corrected chi connectivity index (χ3v) is 6.34. The van der Waals surface area contributed by atoms with Gasteiger partial charge in [0.05, 0.1) is 12.2 Å². The van der Waals surface area contributed by atoms with Gasteiger partial charge in [-0.25, -0.2) is 4.79 Å². The maximum Gasteiger partial charge on any atom is 0.337 e. The lowest BCUT2D eigenvalue weighted by atomic mass is 9.84. The number of aromatic hydroxyl groups is 1. The van der Waals surface area contributed by atoms with Crippen molar-refractivity contribution in [2.75, 3.05) is 6.61 Å². The topological polar surface area (TPSA) is 76.0 Å². The summed E-state index contributed by atoms with van der Waals surface area (Å²) in [6, 6.07) is 17.4. The van der Waals surface area contributed by atoms with Crippen molar-refractivity contribution in [1.29, 1.82) is 0 Å². The lowest BCUT2D eigenvalue weighted by Crippen LogP contribution is -2.28. The van der Waals surface area contributed by atoms with Crippen LogP contribution in [0.4, 0.5) is 0 Å². The minimum Gasteiger partial charge on any atom is -0.507 e. The molecule has 1 atom stereocenters. The van der Waals surface area contributed by atoms with Gasteiger partial charge in [0.15, 0.2) is 6.10 Å². The molecule has 1 aliphatic rings. The molecule has 0 radical (unpaired) electrons. The van der Waals surface area contributed by atoms with E-state index in [0.717, 1.165) is 50.6 Å². The van der Waals surface area contributed by atoms with Gasteiger partial charge in [0.25, 0.3) is 0 Å². The van der Waals surface area contributed by atoms with Crippen molar-refractivity contribution in [2.45, 2.75) is 45.8 Å². The number of fused-ring (bicyclic) bond motifs is 1. The first-order valence-electron chi connectivity index (χ1n) is 11.5. The van der Waals surface area contributed by atoms with Gasteiger partial charge >= 0.3 is 5.97 Å². The Kier molecular flexibility index (Phi) is 5.25. The normalized spacial score (nSPS) is 14.2. The molecule has 0 saturated carbocycles. The van der Waals surface area contributed by atoms with Crippen molar-refractivity contribution in [1.82, 2.24) is 0 Å². The van der Waals surface area contributed by atoms with Crippen LogP contribution in [0.25, 0.3) is 32.7 Å². The Balaban J connectivity index is 1.94. The number of ether oxygens (including phenoxy) is 2. The Morgan fingerprint density at radius 1 is 1.06 bits per heavy atom. The van der Waals surface area contributed by atoms with Crippen LogP contribution in [0.2, 0.25) is 0 Å². The molecule has 4 aromatic carbocycles. The Labute approximate surface area is 198 Å². The molecule has 0 aliphatic carbocycles. The van der Waals surface area contributed by atoms with E-state index < -0.39 is 17.7 Å². The van der Waals surface area contributed by atoms with E-state index in [2.05, 4.69) is 0 Å². The fraction of sp³-hybridized carbons (Fsp3) is 0.276. The van der Waals surface area contributed by atoms with E-state index in [4.69, 9.17) is 9.47 Å². The van der Waals surface area contributed by atoms with Crippen molar-refractivity contribution < 1.29 is 24.5 Å².